The maximum atomic E-state index is 13.2. The van der Waals surface area contributed by atoms with E-state index in [4.69, 9.17) is 0 Å². The minimum absolute atomic E-state index is 0.296. The summed E-state index contributed by atoms with van der Waals surface area (Å²) in [6.07, 6.45) is 3.13. The van der Waals surface area contributed by atoms with Crippen LogP contribution in [0, 0.1) is 11.6 Å². The highest BCUT2D eigenvalue weighted by Crippen LogP contribution is 2.22. The number of hydrogen-bond donors (Lipinski definition) is 1. The number of aromatic nitrogens is 2. The van der Waals surface area contributed by atoms with E-state index in [2.05, 4.69) is 15.5 Å². The molecule has 18 heavy (non-hydrogen) atoms. The van der Waals surface area contributed by atoms with Crippen molar-refractivity contribution in [1.82, 2.24) is 15.5 Å². The van der Waals surface area contributed by atoms with Crippen molar-refractivity contribution in [2.24, 2.45) is 0 Å². The van der Waals surface area contributed by atoms with Crippen LogP contribution in [0.15, 0.2) is 36.7 Å². The van der Waals surface area contributed by atoms with Gasteiger partial charge >= 0.3 is 0 Å². The van der Waals surface area contributed by atoms with Crippen LogP contribution in [-0.4, -0.2) is 16.7 Å². The Labute approximate surface area is 104 Å². The third kappa shape index (κ3) is 2.87. The van der Waals surface area contributed by atoms with E-state index in [1.807, 2.05) is 6.92 Å². The fourth-order valence-electron chi connectivity index (χ4n) is 1.85. The van der Waals surface area contributed by atoms with E-state index >= 15 is 0 Å². The average Bonchev–Trinajstić information content (AvgIpc) is 2.36. The molecule has 0 aliphatic rings. The summed E-state index contributed by atoms with van der Waals surface area (Å²) in [5, 5.41) is 10.6. The summed E-state index contributed by atoms with van der Waals surface area (Å²) in [6, 6.07) is 4.96. The largest absolute Gasteiger partial charge is 0.306 e. The topological polar surface area (TPSA) is 37.8 Å². The molecule has 1 aromatic heterocycles. The van der Waals surface area contributed by atoms with Gasteiger partial charge < -0.3 is 5.32 Å². The zero-order chi connectivity index (χ0) is 13.0. The van der Waals surface area contributed by atoms with Gasteiger partial charge in [-0.3, -0.25) is 0 Å². The molecule has 0 spiro atoms. The SMILES string of the molecule is CCNC(c1ccnnc1)c1cc(F)cc(F)c1. The van der Waals surface area contributed by atoms with Crippen LogP contribution in [-0.2, 0) is 0 Å². The molecule has 0 bridgehead atoms. The number of halogens is 2. The molecule has 0 amide bonds. The van der Waals surface area contributed by atoms with Crippen LogP contribution in [0.5, 0.6) is 0 Å². The van der Waals surface area contributed by atoms with Crippen molar-refractivity contribution >= 4 is 0 Å². The fraction of sp³-hybridized carbons (Fsp3) is 0.231. The van der Waals surface area contributed by atoms with E-state index in [-0.39, 0.29) is 6.04 Å². The molecule has 5 heteroatoms. The summed E-state index contributed by atoms with van der Waals surface area (Å²) in [6.45, 7) is 2.60. The van der Waals surface area contributed by atoms with E-state index in [1.54, 1.807) is 18.5 Å². The number of nitrogens with zero attached hydrogens (tertiary/aromatic N) is 2. The van der Waals surface area contributed by atoms with E-state index in [0.29, 0.717) is 12.1 Å². The second kappa shape index (κ2) is 5.64. The zero-order valence-corrected chi connectivity index (χ0v) is 9.90. The lowest BCUT2D eigenvalue weighted by molar-refractivity contribution is 0.564. The molecule has 0 saturated carbocycles. The maximum absolute atomic E-state index is 13.2. The van der Waals surface area contributed by atoms with Crippen LogP contribution in [0.2, 0.25) is 0 Å². The maximum Gasteiger partial charge on any atom is 0.126 e. The second-order valence-electron chi connectivity index (χ2n) is 3.87. The highest BCUT2D eigenvalue weighted by atomic mass is 19.1. The summed E-state index contributed by atoms with van der Waals surface area (Å²) in [5.41, 5.74) is 1.35. The first-order chi connectivity index (χ1) is 8.70. The minimum atomic E-state index is -0.588. The first-order valence-corrected chi connectivity index (χ1v) is 5.66. The molecule has 1 atom stereocenters. The monoisotopic (exact) mass is 249 g/mol. The van der Waals surface area contributed by atoms with Crippen molar-refractivity contribution in [3.05, 3.63) is 59.4 Å². The molecule has 0 radical (unpaired) electrons. The van der Waals surface area contributed by atoms with Crippen LogP contribution in [0.25, 0.3) is 0 Å². The molecule has 0 saturated heterocycles. The Bertz CT molecular complexity index is 497. The average molecular weight is 249 g/mol. The van der Waals surface area contributed by atoms with Gasteiger partial charge in [-0.25, -0.2) is 8.78 Å². The third-order valence-corrected chi connectivity index (χ3v) is 2.57. The standard InChI is InChI=1S/C13H13F2N3/c1-2-16-13(9-3-4-17-18-8-9)10-5-11(14)7-12(15)6-10/h3-8,13,16H,2H2,1H3. The van der Waals surface area contributed by atoms with E-state index in [9.17, 15) is 8.78 Å². The Morgan fingerprint density at radius 1 is 1.11 bits per heavy atom. The van der Waals surface area contributed by atoms with E-state index in [0.717, 1.165) is 11.6 Å². The molecular formula is C13H13F2N3. The van der Waals surface area contributed by atoms with Crippen molar-refractivity contribution < 1.29 is 8.78 Å². The lowest BCUT2D eigenvalue weighted by atomic mass is 10.0. The van der Waals surface area contributed by atoms with Gasteiger partial charge in [0.15, 0.2) is 0 Å². The first kappa shape index (κ1) is 12.6. The molecule has 2 aromatic rings. The molecule has 1 N–H and O–H groups in total. The molecule has 1 aromatic carbocycles. The van der Waals surface area contributed by atoms with Gasteiger partial charge in [-0.2, -0.15) is 10.2 Å². The first-order valence-electron chi connectivity index (χ1n) is 5.66. The summed E-state index contributed by atoms with van der Waals surface area (Å²) < 4.78 is 26.5. The van der Waals surface area contributed by atoms with Gasteiger partial charge in [-0.05, 0) is 35.9 Å². The highest BCUT2D eigenvalue weighted by molar-refractivity contribution is 5.30. The Hall–Kier alpha value is -1.88. The van der Waals surface area contributed by atoms with E-state index in [1.165, 1.54) is 12.1 Å². The van der Waals surface area contributed by atoms with Crippen molar-refractivity contribution in [3.63, 3.8) is 0 Å². The van der Waals surface area contributed by atoms with Gasteiger partial charge in [0.2, 0.25) is 0 Å². The predicted molar refractivity (Wildman–Crippen MR) is 63.9 cm³/mol. The van der Waals surface area contributed by atoms with Crippen LogP contribution in [0.4, 0.5) is 8.78 Å². The van der Waals surface area contributed by atoms with Gasteiger partial charge in [0.05, 0.1) is 12.2 Å². The number of nitrogens with one attached hydrogen (secondary N) is 1. The third-order valence-electron chi connectivity index (χ3n) is 2.57. The Kier molecular flexibility index (Phi) is 3.94. The second-order valence-corrected chi connectivity index (χ2v) is 3.87. The van der Waals surface area contributed by atoms with Gasteiger partial charge in [0.1, 0.15) is 11.6 Å². The normalized spacial score (nSPS) is 12.4. The van der Waals surface area contributed by atoms with Crippen molar-refractivity contribution in [3.8, 4) is 0 Å². The number of hydrogen-bond acceptors (Lipinski definition) is 3. The summed E-state index contributed by atoms with van der Waals surface area (Å²) in [7, 11) is 0. The van der Waals surface area contributed by atoms with E-state index < -0.39 is 11.6 Å². The fourth-order valence-corrected chi connectivity index (χ4v) is 1.85. The minimum Gasteiger partial charge on any atom is -0.306 e. The highest BCUT2D eigenvalue weighted by Gasteiger charge is 2.15. The Morgan fingerprint density at radius 3 is 2.39 bits per heavy atom. The Balaban J connectivity index is 2.41. The molecule has 0 fully saturated rings. The lowest BCUT2D eigenvalue weighted by Gasteiger charge is -2.18. The molecule has 0 aliphatic carbocycles. The van der Waals surface area contributed by atoms with Crippen molar-refractivity contribution in [1.29, 1.82) is 0 Å². The van der Waals surface area contributed by atoms with Gasteiger partial charge in [0, 0.05) is 12.3 Å². The quantitative estimate of drug-likeness (QED) is 0.904. The Morgan fingerprint density at radius 2 is 1.83 bits per heavy atom. The van der Waals surface area contributed by atoms with Crippen molar-refractivity contribution in [2.75, 3.05) is 6.54 Å². The number of benzene rings is 1. The van der Waals surface area contributed by atoms with Gasteiger partial charge in [0.25, 0.3) is 0 Å². The van der Waals surface area contributed by atoms with Crippen LogP contribution in [0.1, 0.15) is 24.1 Å². The summed E-state index contributed by atoms with van der Waals surface area (Å²) in [5.74, 6) is -1.18. The van der Waals surface area contributed by atoms with Crippen LogP contribution >= 0.6 is 0 Å². The smallest absolute Gasteiger partial charge is 0.126 e. The van der Waals surface area contributed by atoms with Gasteiger partial charge in [-0.1, -0.05) is 6.92 Å². The summed E-state index contributed by atoms with van der Waals surface area (Å²) >= 11 is 0. The predicted octanol–water partition coefficient (Wildman–Crippen LogP) is 2.45. The van der Waals surface area contributed by atoms with Gasteiger partial charge in [-0.15, -0.1) is 0 Å². The molecule has 2 rings (SSSR count). The number of rotatable bonds is 4. The lowest BCUT2D eigenvalue weighted by Crippen LogP contribution is -2.22. The molecular weight excluding hydrogens is 236 g/mol. The molecule has 94 valence electrons. The van der Waals surface area contributed by atoms with Crippen LogP contribution < -0.4 is 5.32 Å². The summed E-state index contributed by atoms with van der Waals surface area (Å²) in [4.78, 5) is 0. The molecule has 1 unspecified atom stereocenters. The molecule has 1 heterocycles. The van der Waals surface area contributed by atoms with Crippen LogP contribution in [0.3, 0.4) is 0 Å². The molecule has 3 nitrogen and oxygen atoms in total. The zero-order valence-electron chi connectivity index (χ0n) is 9.90. The molecule has 0 aliphatic heterocycles. The van der Waals surface area contributed by atoms with Crippen molar-refractivity contribution in [2.45, 2.75) is 13.0 Å².